The minimum atomic E-state index is -2.81. The van der Waals surface area contributed by atoms with Crippen molar-refractivity contribution in [2.45, 2.75) is 37.6 Å². The number of nitrogens with zero attached hydrogens (tertiary/aromatic N) is 5. The summed E-state index contributed by atoms with van der Waals surface area (Å²) in [7, 11) is 1.83. The Kier molecular flexibility index (Phi) is 4.43. The maximum Gasteiger partial charge on any atom is 0.260 e. The number of rotatable bonds is 5. The summed E-state index contributed by atoms with van der Waals surface area (Å²) in [6.45, 7) is 2.97. The fourth-order valence-electron chi connectivity index (χ4n) is 3.46. The number of aryl methyl sites for hydroxylation is 1. The Hall–Kier alpha value is -2.78. The molecular formula is C18H23F2N7O. The van der Waals surface area contributed by atoms with E-state index >= 15 is 0 Å². The summed E-state index contributed by atoms with van der Waals surface area (Å²) >= 11 is 0. The monoisotopic (exact) mass is 391 g/mol. The Labute approximate surface area is 161 Å². The van der Waals surface area contributed by atoms with E-state index in [1.165, 1.54) is 0 Å². The summed E-state index contributed by atoms with van der Waals surface area (Å²) < 4.78 is 28.0. The van der Waals surface area contributed by atoms with Crippen molar-refractivity contribution in [3.8, 4) is 0 Å². The number of piperidine rings is 1. The number of hydrogen-bond donors (Lipinski definition) is 2. The zero-order valence-corrected chi connectivity index (χ0v) is 15.8. The molecule has 2 fully saturated rings. The van der Waals surface area contributed by atoms with Gasteiger partial charge in [0, 0.05) is 44.5 Å². The Morgan fingerprint density at radius 2 is 2.04 bits per heavy atom. The number of nitrogens with one attached hydrogen (secondary N) is 2. The summed E-state index contributed by atoms with van der Waals surface area (Å²) in [6, 6.07) is 1.78. The number of aromatic nitrogens is 4. The molecule has 1 amide bonds. The third-order valence-corrected chi connectivity index (χ3v) is 5.35. The standard InChI is InChI=1S/C18H23F2N7O/c1-17(4-7-27(8-5-17)15(28)13-9-18(13,19)20)25-14-3-6-21-16(24-14)23-12-10-22-26(2)11-12/h3,6,10-11,13H,4-5,7-9H2,1-2H3,(H2,21,23,24,25). The fourth-order valence-corrected chi connectivity index (χ4v) is 3.46. The average Bonchev–Trinajstić information content (AvgIpc) is 3.08. The van der Waals surface area contributed by atoms with Gasteiger partial charge in [-0.15, -0.1) is 0 Å². The lowest BCUT2D eigenvalue weighted by molar-refractivity contribution is -0.136. The van der Waals surface area contributed by atoms with E-state index in [0.717, 1.165) is 5.69 Å². The van der Waals surface area contributed by atoms with Gasteiger partial charge < -0.3 is 15.5 Å². The molecular weight excluding hydrogens is 368 g/mol. The van der Waals surface area contributed by atoms with Gasteiger partial charge in [0.2, 0.25) is 11.9 Å². The van der Waals surface area contributed by atoms with Crippen LogP contribution < -0.4 is 10.6 Å². The number of amides is 1. The van der Waals surface area contributed by atoms with Crippen molar-refractivity contribution in [3.63, 3.8) is 0 Å². The maximum atomic E-state index is 13.2. The van der Waals surface area contributed by atoms with Gasteiger partial charge >= 0.3 is 0 Å². The molecule has 0 radical (unpaired) electrons. The molecule has 2 N–H and O–H groups in total. The summed E-state index contributed by atoms with van der Waals surface area (Å²) in [5.41, 5.74) is 0.512. The highest BCUT2D eigenvalue weighted by Gasteiger charge is 2.62. The molecule has 28 heavy (non-hydrogen) atoms. The average molecular weight is 391 g/mol. The van der Waals surface area contributed by atoms with Crippen LogP contribution in [0.1, 0.15) is 26.2 Å². The number of likely N-dealkylation sites (tertiary alicyclic amines) is 1. The van der Waals surface area contributed by atoms with Gasteiger partial charge in [0.1, 0.15) is 11.7 Å². The largest absolute Gasteiger partial charge is 0.365 e. The van der Waals surface area contributed by atoms with Crippen LogP contribution >= 0.6 is 0 Å². The molecule has 10 heteroatoms. The molecule has 1 atom stereocenters. The molecule has 3 heterocycles. The van der Waals surface area contributed by atoms with Gasteiger partial charge in [-0.1, -0.05) is 0 Å². The molecule has 8 nitrogen and oxygen atoms in total. The minimum Gasteiger partial charge on any atom is -0.365 e. The molecule has 1 saturated heterocycles. The van der Waals surface area contributed by atoms with E-state index in [9.17, 15) is 13.6 Å². The molecule has 1 aliphatic carbocycles. The smallest absolute Gasteiger partial charge is 0.260 e. The highest BCUT2D eigenvalue weighted by Crippen LogP contribution is 2.49. The predicted octanol–water partition coefficient (Wildman–Crippen LogP) is 2.40. The first-order valence-corrected chi connectivity index (χ1v) is 9.28. The Morgan fingerprint density at radius 3 is 2.64 bits per heavy atom. The van der Waals surface area contributed by atoms with Crippen molar-refractivity contribution in [1.82, 2.24) is 24.6 Å². The molecule has 0 bridgehead atoms. The molecule has 4 rings (SSSR count). The summed E-state index contributed by atoms with van der Waals surface area (Å²) in [6.07, 6.45) is 6.16. The van der Waals surface area contributed by atoms with Crippen molar-refractivity contribution < 1.29 is 13.6 Å². The van der Waals surface area contributed by atoms with Crippen LogP contribution in [0.3, 0.4) is 0 Å². The van der Waals surface area contributed by atoms with Gasteiger partial charge in [0.15, 0.2) is 0 Å². The molecule has 2 aliphatic rings. The minimum absolute atomic E-state index is 0.275. The van der Waals surface area contributed by atoms with E-state index in [1.807, 2.05) is 13.2 Å². The maximum absolute atomic E-state index is 13.2. The highest BCUT2D eigenvalue weighted by molar-refractivity contribution is 5.83. The third-order valence-electron chi connectivity index (χ3n) is 5.35. The van der Waals surface area contributed by atoms with Crippen LogP contribution in [0.15, 0.2) is 24.7 Å². The van der Waals surface area contributed by atoms with Gasteiger partial charge in [-0.2, -0.15) is 10.1 Å². The molecule has 2 aromatic rings. The molecule has 1 saturated carbocycles. The van der Waals surface area contributed by atoms with Crippen molar-refractivity contribution in [1.29, 1.82) is 0 Å². The van der Waals surface area contributed by atoms with E-state index < -0.39 is 17.7 Å². The topological polar surface area (TPSA) is 88.0 Å². The number of carbonyl (C=O) groups is 1. The fraction of sp³-hybridized carbons (Fsp3) is 0.556. The first-order chi connectivity index (χ1) is 13.2. The zero-order chi connectivity index (χ0) is 19.9. The molecule has 1 unspecified atom stereocenters. The Balaban J connectivity index is 1.35. The quantitative estimate of drug-likeness (QED) is 0.814. The van der Waals surface area contributed by atoms with Crippen LogP contribution in [-0.4, -0.2) is 55.1 Å². The SMILES string of the molecule is Cn1cc(Nc2nccc(NC3(C)CCN(C(=O)C4CC4(F)F)CC3)n2)cn1. The van der Waals surface area contributed by atoms with Crippen molar-refractivity contribution >= 4 is 23.4 Å². The normalized spacial score (nSPS) is 22.6. The van der Waals surface area contributed by atoms with Crippen LogP contribution in [0.2, 0.25) is 0 Å². The van der Waals surface area contributed by atoms with E-state index in [1.54, 1.807) is 28.0 Å². The predicted molar refractivity (Wildman–Crippen MR) is 99.4 cm³/mol. The van der Waals surface area contributed by atoms with Gasteiger partial charge in [-0.3, -0.25) is 9.48 Å². The molecule has 0 spiro atoms. The summed E-state index contributed by atoms with van der Waals surface area (Å²) in [4.78, 5) is 22.4. The number of alkyl halides is 2. The van der Waals surface area contributed by atoms with Crippen molar-refractivity contribution in [2.24, 2.45) is 13.0 Å². The van der Waals surface area contributed by atoms with Crippen molar-refractivity contribution in [3.05, 3.63) is 24.7 Å². The van der Waals surface area contributed by atoms with Crippen LogP contribution in [0.4, 0.5) is 26.2 Å². The molecule has 2 aromatic heterocycles. The van der Waals surface area contributed by atoms with E-state index in [0.29, 0.717) is 37.7 Å². The van der Waals surface area contributed by atoms with Crippen LogP contribution in [0, 0.1) is 5.92 Å². The van der Waals surface area contributed by atoms with Crippen LogP contribution in [-0.2, 0) is 11.8 Å². The van der Waals surface area contributed by atoms with Crippen molar-refractivity contribution in [2.75, 3.05) is 23.7 Å². The summed E-state index contributed by atoms with van der Waals surface area (Å²) in [5.74, 6) is -3.23. The second-order valence-corrected chi connectivity index (χ2v) is 7.82. The van der Waals surface area contributed by atoms with Crippen LogP contribution in [0.25, 0.3) is 0 Å². The van der Waals surface area contributed by atoms with Gasteiger partial charge in [0.05, 0.1) is 11.9 Å². The number of halogens is 2. The zero-order valence-electron chi connectivity index (χ0n) is 15.8. The van der Waals surface area contributed by atoms with Gasteiger partial charge in [-0.25, -0.2) is 13.8 Å². The lowest BCUT2D eigenvalue weighted by Crippen LogP contribution is -2.49. The van der Waals surface area contributed by atoms with Crippen LogP contribution in [0.5, 0.6) is 0 Å². The number of carbonyl (C=O) groups excluding carboxylic acids is 1. The Bertz CT molecular complexity index is 876. The van der Waals surface area contributed by atoms with E-state index in [2.05, 4.69) is 32.6 Å². The highest BCUT2D eigenvalue weighted by atomic mass is 19.3. The molecule has 1 aliphatic heterocycles. The first kappa shape index (κ1) is 18.6. The molecule has 150 valence electrons. The lowest BCUT2D eigenvalue weighted by atomic mass is 9.89. The lowest BCUT2D eigenvalue weighted by Gasteiger charge is -2.40. The Morgan fingerprint density at radius 1 is 1.32 bits per heavy atom. The molecule has 0 aromatic carbocycles. The van der Waals surface area contributed by atoms with E-state index in [-0.39, 0.29) is 12.0 Å². The third kappa shape index (κ3) is 3.90. The summed E-state index contributed by atoms with van der Waals surface area (Å²) in [5, 5.41) is 10.6. The van der Waals surface area contributed by atoms with E-state index in [4.69, 9.17) is 0 Å². The van der Waals surface area contributed by atoms with Gasteiger partial charge in [0.25, 0.3) is 5.92 Å². The number of anilines is 3. The first-order valence-electron chi connectivity index (χ1n) is 9.28. The second kappa shape index (κ2) is 6.68. The van der Waals surface area contributed by atoms with Gasteiger partial charge in [-0.05, 0) is 25.8 Å². The second-order valence-electron chi connectivity index (χ2n) is 7.82. The number of hydrogen-bond acceptors (Lipinski definition) is 6.